The second-order valence-electron chi connectivity index (χ2n) is 8.12. The number of benzene rings is 3. The number of ether oxygens (including phenoxy) is 2. The molecule has 0 amide bonds. The van der Waals surface area contributed by atoms with E-state index in [-0.39, 0.29) is 26.4 Å². The van der Waals surface area contributed by atoms with Crippen LogP contribution in [-0.4, -0.2) is 36.6 Å². The Kier molecular flexibility index (Phi) is 7.31. The van der Waals surface area contributed by atoms with Gasteiger partial charge in [0.15, 0.2) is 0 Å². The molecule has 4 heteroatoms. The van der Waals surface area contributed by atoms with Crippen LogP contribution in [0.2, 0.25) is 0 Å². The summed E-state index contributed by atoms with van der Waals surface area (Å²) in [5.74, 6) is 1.44. The highest BCUT2D eigenvalue weighted by Crippen LogP contribution is 2.55. The molecule has 0 atom stereocenters. The van der Waals surface area contributed by atoms with Gasteiger partial charge in [-0.2, -0.15) is 0 Å². The third-order valence-corrected chi connectivity index (χ3v) is 6.24. The van der Waals surface area contributed by atoms with Crippen molar-refractivity contribution in [2.45, 2.75) is 12.3 Å². The Morgan fingerprint density at radius 2 is 1.32 bits per heavy atom. The molecular weight excluding hydrogens is 424 g/mol. The number of aliphatic hydroxyl groups excluding tert-OH is 2. The van der Waals surface area contributed by atoms with Crippen LogP contribution >= 0.6 is 0 Å². The molecule has 0 aromatic heterocycles. The summed E-state index contributed by atoms with van der Waals surface area (Å²) >= 11 is 0. The molecule has 34 heavy (non-hydrogen) atoms. The zero-order valence-electron chi connectivity index (χ0n) is 19.4. The number of hydrogen-bond donors (Lipinski definition) is 2. The summed E-state index contributed by atoms with van der Waals surface area (Å²) in [6.45, 7) is 6.52. The van der Waals surface area contributed by atoms with E-state index in [0.717, 1.165) is 22.6 Å². The van der Waals surface area contributed by atoms with Gasteiger partial charge in [-0.15, -0.1) is 0 Å². The van der Waals surface area contributed by atoms with Crippen LogP contribution in [0.1, 0.15) is 29.2 Å². The van der Waals surface area contributed by atoms with E-state index in [1.165, 1.54) is 22.3 Å². The monoisotopic (exact) mass is 454 g/mol. The lowest BCUT2D eigenvalue weighted by Crippen LogP contribution is -2.29. The molecule has 3 aromatic carbocycles. The molecule has 0 fully saturated rings. The van der Waals surface area contributed by atoms with Gasteiger partial charge >= 0.3 is 0 Å². The van der Waals surface area contributed by atoms with Crippen LogP contribution in [0.4, 0.5) is 0 Å². The minimum atomic E-state index is -0.537. The van der Waals surface area contributed by atoms with Crippen molar-refractivity contribution in [3.8, 4) is 11.5 Å². The molecule has 1 aliphatic rings. The number of allylic oxidation sites excluding steroid dienone is 5. The van der Waals surface area contributed by atoms with Gasteiger partial charge in [0.05, 0.1) is 18.6 Å². The molecule has 0 saturated carbocycles. The summed E-state index contributed by atoms with van der Waals surface area (Å²) in [7, 11) is 0. The van der Waals surface area contributed by atoms with Gasteiger partial charge in [0, 0.05) is 0 Å². The Balaban J connectivity index is 1.95. The Hall–Kier alpha value is -3.60. The number of hydrogen-bond acceptors (Lipinski definition) is 4. The fourth-order valence-corrected chi connectivity index (χ4v) is 4.84. The van der Waals surface area contributed by atoms with Gasteiger partial charge in [-0.1, -0.05) is 73.3 Å². The van der Waals surface area contributed by atoms with Crippen LogP contribution in [0.3, 0.4) is 0 Å². The van der Waals surface area contributed by atoms with Crippen molar-refractivity contribution in [1.82, 2.24) is 0 Å². The molecule has 0 spiro atoms. The third kappa shape index (κ3) is 4.18. The van der Waals surface area contributed by atoms with Crippen LogP contribution in [-0.2, 0) is 5.41 Å². The molecule has 174 valence electrons. The highest BCUT2D eigenvalue weighted by molar-refractivity contribution is 5.86. The summed E-state index contributed by atoms with van der Waals surface area (Å²) < 4.78 is 11.2. The quantitative estimate of drug-likeness (QED) is 0.409. The van der Waals surface area contributed by atoms with Crippen LogP contribution in [0.5, 0.6) is 11.5 Å². The molecule has 2 N–H and O–H groups in total. The van der Waals surface area contributed by atoms with E-state index < -0.39 is 5.41 Å². The van der Waals surface area contributed by atoms with Crippen molar-refractivity contribution in [3.05, 3.63) is 125 Å². The molecule has 1 aliphatic carbocycles. The summed E-state index contributed by atoms with van der Waals surface area (Å²) in [5.41, 5.74) is 6.51. The minimum Gasteiger partial charge on any atom is -0.491 e. The maximum atomic E-state index is 9.11. The van der Waals surface area contributed by atoms with E-state index in [9.17, 15) is 0 Å². The summed E-state index contributed by atoms with van der Waals surface area (Å²) in [6, 6.07) is 24.7. The van der Waals surface area contributed by atoms with Gasteiger partial charge in [-0.3, -0.25) is 0 Å². The number of rotatable bonds is 10. The summed E-state index contributed by atoms with van der Waals surface area (Å²) in [4.78, 5) is 0. The van der Waals surface area contributed by atoms with Crippen molar-refractivity contribution in [2.75, 3.05) is 26.4 Å². The molecule has 0 aliphatic heterocycles. The average molecular weight is 455 g/mol. The standard InChI is InChI=1S/C30H30O4/c1-3-4-8-28-22(2)27-7-5-6-9-29(27)30(28,23-10-14-25(15-11-23)33-20-18-31)24-12-16-26(17-13-24)34-21-19-32/h3-17,31-32H,1,18-21H2,2H3/b8-4-. The SMILES string of the molecule is C=C/C=C\C1=C(C)c2ccccc2C1(c1ccc(OCCO)cc1)c1ccc(OCCO)cc1. The van der Waals surface area contributed by atoms with Gasteiger partial charge in [0.25, 0.3) is 0 Å². The fraction of sp³-hybridized carbons (Fsp3) is 0.200. The van der Waals surface area contributed by atoms with Crippen molar-refractivity contribution in [1.29, 1.82) is 0 Å². The first kappa shape index (κ1) is 23.6. The fourth-order valence-electron chi connectivity index (χ4n) is 4.84. The smallest absolute Gasteiger partial charge is 0.119 e. The largest absolute Gasteiger partial charge is 0.491 e. The topological polar surface area (TPSA) is 58.9 Å². The van der Waals surface area contributed by atoms with E-state index >= 15 is 0 Å². The Morgan fingerprint density at radius 1 is 0.794 bits per heavy atom. The third-order valence-electron chi connectivity index (χ3n) is 6.24. The average Bonchev–Trinajstić information content (AvgIpc) is 3.14. The Labute approximate surface area is 201 Å². The molecule has 0 heterocycles. The Morgan fingerprint density at radius 3 is 1.82 bits per heavy atom. The van der Waals surface area contributed by atoms with E-state index in [1.807, 2.05) is 30.3 Å². The summed E-state index contributed by atoms with van der Waals surface area (Å²) in [5, 5.41) is 18.2. The van der Waals surface area contributed by atoms with Crippen molar-refractivity contribution >= 4 is 5.57 Å². The van der Waals surface area contributed by atoms with Crippen LogP contribution in [0, 0.1) is 0 Å². The first-order chi connectivity index (χ1) is 16.7. The van der Waals surface area contributed by atoms with Crippen LogP contribution < -0.4 is 9.47 Å². The van der Waals surface area contributed by atoms with Crippen molar-refractivity contribution < 1.29 is 19.7 Å². The van der Waals surface area contributed by atoms with Gasteiger partial charge in [-0.05, 0) is 64.6 Å². The van der Waals surface area contributed by atoms with E-state index in [0.29, 0.717) is 0 Å². The highest BCUT2D eigenvalue weighted by Gasteiger charge is 2.45. The van der Waals surface area contributed by atoms with Crippen LogP contribution in [0.15, 0.2) is 103 Å². The van der Waals surface area contributed by atoms with Crippen LogP contribution in [0.25, 0.3) is 5.57 Å². The van der Waals surface area contributed by atoms with E-state index in [4.69, 9.17) is 19.7 Å². The first-order valence-corrected chi connectivity index (χ1v) is 11.5. The maximum absolute atomic E-state index is 9.11. The van der Waals surface area contributed by atoms with Crippen molar-refractivity contribution in [3.63, 3.8) is 0 Å². The van der Waals surface area contributed by atoms with Crippen molar-refractivity contribution in [2.24, 2.45) is 0 Å². The van der Waals surface area contributed by atoms with Gasteiger partial charge in [-0.25, -0.2) is 0 Å². The molecule has 0 bridgehead atoms. The highest BCUT2D eigenvalue weighted by atomic mass is 16.5. The zero-order valence-corrected chi connectivity index (χ0v) is 19.4. The lowest BCUT2D eigenvalue weighted by atomic mass is 9.66. The Bertz CT molecular complexity index is 1140. The molecular formula is C30H30O4. The second-order valence-corrected chi connectivity index (χ2v) is 8.12. The molecule has 0 saturated heterocycles. The first-order valence-electron chi connectivity index (χ1n) is 11.5. The van der Waals surface area contributed by atoms with E-state index in [2.05, 4.69) is 68.1 Å². The normalized spacial score (nSPS) is 14.3. The number of fused-ring (bicyclic) bond motifs is 1. The maximum Gasteiger partial charge on any atom is 0.119 e. The van der Waals surface area contributed by atoms with Gasteiger partial charge < -0.3 is 19.7 Å². The molecule has 4 rings (SSSR count). The minimum absolute atomic E-state index is 0.0256. The molecule has 3 aromatic rings. The molecule has 0 unspecified atom stereocenters. The molecule has 0 radical (unpaired) electrons. The predicted octanol–water partition coefficient (Wildman–Crippen LogP) is 5.29. The lowest BCUT2D eigenvalue weighted by Gasteiger charge is -2.35. The summed E-state index contributed by atoms with van der Waals surface area (Å²) in [6.07, 6.45) is 5.93. The van der Waals surface area contributed by atoms with Gasteiger partial charge in [0.2, 0.25) is 0 Å². The number of aliphatic hydroxyl groups is 2. The predicted molar refractivity (Wildman–Crippen MR) is 136 cm³/mol. The molecule has 4 nitrogen and oxygen atoms in total. The zero-order chi connectivity index (χ0) is 24.0. The van der Waals surface area contributed by atoms with Gasteiger partial charge in [0.1, 0.15) is 24.7 Å². The van der Waals surface area contributed by atoms with E-state index in [1.54, 1.807) is 6.08 Å². The second kappa shape index (κ2) is 10.6. The lowest BCUT2D eigenvalue weighted by molar-refractivity contribution is 0.201.